The van der Waals surface area contributed by atoms with E-state index in [0.717, 1.165) is 22.7 Å². The topological polar surface area (TPSA) is 49.9 Å². The summed E-state index contributed by atoms with van der Waals surface area (Å²) >= 11 is 1.81. The molecule has 2 aliphatic rings. The highest BCUT2D eigenvalue weighted by Gasteiger charge is 2.39. The minimum Gasteiger partial charge on any atom is -0.495 e. The van der Waals surface area contributed by atoms with Gasteiger partial charge in [0.25, 0.3) is 0 Å². The Hall–Kier alpha value is -2.47. The molecule has 0 spiro atoms. The second kappa shape index (κ2) is 7.87. The van der Waals surface area contributed by atoms with Crippen molar-refractivity contribution in [2.45, 2.75) is 29.9 Å². The van der Waals surface area contributed by atoms with E-state index < -0.39 is 0 Å². The number of hydrogen-bond acceptors (Lipinski definition) is 4. The molecule has 2 amide bonds. The number of nitrogens with zero attached hydrogens (tertiary/aromatic N) is 2. The lowest BCUT2D eigenvalue weighted by Gasteiger charge is -2.25. The molecule has 0 unspecified atom stereocenters. The molecule has 2 aliphatic heterocycles. The minimum atomic E-state index is -0.344. The van der Waals surface area contributed by atoms with E-state index in [1.165, 1.54) is 0 Å². The summed E-state index contributed by atoms with van der Waals surface area (Å²) in [5, 5.41) is 0.453. The molecule has 1 fully saturated rings. The van der Waals surface area contributed by atoms with Crippen molar-refractivity contribution in [3.63, 3.8) is 0 Å². The highest BCUT2D eigenvalue weighted by molar-refractivity contribution is 8.00. The molecule has 1 saturated heterocycles. The fourth-order valence-electron chi connectivity index (χ4n) is 3.89. The number of methoxy groups -OCH3 is 1. The van der Waals surface area contributed by atoms with Gasteiger partial charge in [0, 0.05) is 29.7 Å². The quantitative estimate of drug-likeness (QED) is 0.788. The zero-order chi connectivity index (χ0) is 19.7. The Bertz CT molecular complexity index is 901. The van der Waals surface area contributed by atoms with Crippen LogP contribution in [0.25, 0.3) is 0 Å². The number of rotatable bonds is 3. The van der Waals surface area contributed by atoms with Crippen LogP contribution in [0.1, 0.15) is 19.8 Å². The summed E-state index contributed by atoms with van der Waals surface area (Å²) in [7, 11) is 1.59. The van der Waals surface area contributed by atoms with E-state index in [9.17, 15) is 9.59 Å². The summed E-state index contributed by atoms with van der Waals surface area (Å²) < 4.78 is 5.40. The zero-order valence-electron chi connectivity index (χ0n) is 16.1. The van der Waals surface area contributed by atoms with E-state index in [0.29, 0.717) is 24.1 Å². The average Bonchev–Trinajstić information content (AvgIpc) is 3.01. The van der Waals surface area contributed by atoms with Gasteiger partial charge in [-0.25, -0.2) is 0 Å². The summed E-state index contributed by atoms with van der Waals surface area (Å²) in [5.74, 6) is 0.305. The first-order chi connectivity index (χ1) is 13.6. The number of hydrogen-bond donors (Lipinski definition) is 0. The number of amides is 2. The van der Waals surface area contributed by atoms with E-state index in [-0.39, 0.29) is 24.2 Å². The van der Waals surface area contributed by atoms with Crippen LogP contribution in [0.4, 0.5) is 11.4 Å². The number of para-hydroxylation sites is 3. The average molecular weight is 397 g/mol. The van der Waals surface area contributed by atoms with Crippen molar-refractivity contribution in [1.29, 1.82) is 0 Å². The summed E-state index contributed by atoms with van der Waals surface area (Å²) in [6.45, 7) is 3.26. The molecule has 0 radical (unpaired) electrons. The number of thioether (sulfide) groups is 1. The highest BCUT2D eigenvalue weighted by Crippen LogP contribution is 2.39. The van der Waals surface area contributed by atoms with Gasteiger partial charge in [-0.05, 0) is 30.7 Å². The second-order valence-corrected chi connectivity index (χ2v) is 8.73. The number of fused-ring (bicyclic) bond motifs is 1. The van der Waals surface area contributed by atoms with Gasteiger partial charge in [0.05, 0.1) is 24.4 Å². The van der Waals surface area contributed by atoms with Crippen LogP contribution < -0.4 is 14.5 Å². The van der Waals surface area contributed by atoms with Crippen LogP contribution in [-0.4, -0.2) is 37.3 Å². The molecule has 2 heterocycles. The number of carbonyl (C=O) groups is 2. The van der Waals surface area contributed by atoms with Gasteiger partial charge in [-0.2, -0.15) is 0 Å². The molecule has 0 N–H and O–H groups in total. The lowest BCUT2D eigenvalue weighted by atomic mass is 10.1. The van der Waals surface area contributed by atoms with Crippen LogP contribution in [0.3, 0.4) is 0 Å². The third-order valence-electron chi connectivity index (χ3n) is 5.36. The third-order valence-corrected chi connectivity index (χ3v) is 6.60. The molecule has 2 aromatic carbocycles. The largest absolute Gasteiger partial charge is 0.495 e. The molecule has 2 aromatic rings. The van der Waals surface area contributed by atoms with Gasteiger partial charge in [0.15, 0.2) is 0 Å². The van der Waals surface area contributed by atoms with Crippen molar-refractivity contribution in [1.82, 2.24) is 0 Å². The van der Waals surface area contributed by atoms with Crippen LogP contribution in [0.2, 0.25) is 0 Å². The monoisotopic (exact) mass is 396 g/mol. The lowest BCUT2D eigenvalue weighted by molar-refractivity contribution is -0.124. The molecule has 0 bridgehead atoms. The Labute approximate surface area is 169 Å². The maximum atomic E-state index is 13.4. The third kappa shape index (κ3) is 3.49. The summed E-state index contributed by atoms with van der Waals surface area (Å²) in [5.41, 5.74) is 1.69. The van der Waals surface area contributed by atoms with Crippen molar-refractivity contribution in [3.8, 4) is 5.75 Å². The fourth-order valence-corrected chi connectivity index (χ4v) is 5.01. The van der Waals surface area contributed by atoms with Crippen molar-refractivity contribution in [3.05, 3.63) is 48.5 Å². The maximum absolute atomic E-state index is 13.4. The highest BCUT2D eigenvalue weighted by atomic mass is 32.2. The van der Waals surface area contributed by atoms with Crippen LogP contribution in [0.5, 0.6) is 5.75 Å². The second-order valence-electron chi connectivity index (χ2n) is 7.25. The molecule has 28 heavy (non-hydrogen) atoms. The summed E-state index contributed by atoms with van der Waals surface area (Å²) in [6, 6.07) is 15.5. The molecular weight excluding hydrogens is 372 g/mol. The van der Waals surface area contributed by atoms with Crippen molar-refractivity contribution >= 4 is 35.0 Å². The first-order valence-corrected chi connectivity index (χ1v) is 10.5. The predicted molar refractivity (Wildman–Crippen MR) is 112 cm³/mol. The van der Waals surface area contributed by atoms with Gasteiger partial charge in [-0.15, -0.1) is 11.8 Å². The molecule has 6 heteroatoms. The number of carbonyl (C=O) groups excluding carboxylic acids is 2. The number of benzene rings is 2. The Morgan fingerprint density at radius 1 is 1.11 bits per heavy atom. The molecular formula is C22H24N2O3S. The first-order valence-electron chi connectivity index (χ1n) is 9.59. The molecule has 4 rings (SSSR count). The zero-order valence-corrected chi connectivity index (χ0v) is 16.9. The van der Waals surface area contributed by atoms with Crippen molar-refractivity contribution in [2.75, 3.05) is 30.0 Å². The SMILES string of the molecule is COc1ccccc1N1C[C@@H](C(=O)N2CC[C@H](C)Sc3ccccc32)CC1=O. The van der Waals surface area contributed by atoms with Gasteiger partial charge in [0.2, 0.25) is 11.8 Å². The Morgan fingerprint density at radius 2 is 1.82 bits per heavy atom. The first kappa shape index (κ1) is 18.9. The van der Waals surface area contributed by atoms with Crippen molar-refractivity contribution in [2.24, 2.45) is 5.92 Å². The van der Waals surface area contributed by atoms with Crippen LogP contribution in [-0.2, 0) is 9.59 Å². The van der Waals surface area contributed by atoms with E-state index in [4.69, 9.17) is 4.74 Å². The van der Waals surface area contributed by atoms with Gasteiger partial charge >= 0.3 is 0 Å². The van der Waals surface area contributed by atoms with Gasteiger partial charge in [-0.3, -0.25) is 9.59 Å². The molecule has 146 valence electrons. The number of ether oxygens (including phenoxy) is 1. The van der Waals surface area contributed by atoms with Crippen molar-refractivity contribution < 1.29 is 14.3 Å². The van der Waals surface area contributed by atoms with Crippen LogP contribution >= 0.6 is 11.8 Å². The molecule has 0 saturated carbocycles. The van der Waals surface area contributed by atoms with E-state index >= 15 is 0 Å². The smallest absolute Gasteiger partial charge is 0.232 e. The fraction of sp³-hybridized carbons (Fsp3) is 0.364. The summed E-state index contributed by atoms with van der Waals surface area (Å²) in [4.78, 5) is 30.8. The van der Waals surface area contributed by atoms with Crippen LogP contribution in [0.15, 0.2) is 53.4 Å². The van der Waals surface area contributed by atoms with E-state index in [2.05, 4.69) is 13.0 Å². The molecule has 2 atom stereocenters. The molecule has 5 nitrogen and oxygen atoms in total. The summed E-state index contributed by atoms with van der Waals surface area (Å²) in [6.07, 6.45) is 1.17. The maximum Gasteiger partial charge on any atom is 0.232 e. The standard InChI is InChI=1S/C22H24N2O3S/c1-15-11-12-23(18-8-4-6-10-20(18)28-15)22(26)16-13-21(25)24(14-16)17-7-3-5-9-19(17)27-2/h3-10,15-16H,11-14H2,1-2H3/t15-,16-/m0/s1. The Morgan fingerprint density at radius 3 is 2.61 bits per heavy atom. The minimum absolute atomic E-state index is 0.0336. The Balaban J connectivity index is 1.59. The lowest BCUT2D eigenvalue weighted by Crippen LogP contribution is -2.38. The van der Waals surface area contributed by atoms with Crippen LogP contribution in [0, 0.1) is 5.92 Å². The van der Waals surface area contributed by atoms with Gasteiger partial charge in [-0.1, -0.05) is 31.2 Å². The Kier molecular flexibility index (Phi) is 5.31. The van der Waals surface area contributed by atoms with E-state index in [1.54, 1.807) is 12.0 Å². The van der Waals surface area contributed by atoms with E-state index in [1.807, 2.05) is 59.1 Å². The number of anilines is 2. The molecule has 0 aromatic heterocycles. The molecule has 0 aliphatic carbocycles. The predicted octanol–water partition coefficient (Wildman–Crippen LogP) is 3.97. The normalized spacial score (nSPS) is 22.0. The van der Waals surface area contributed by atoms with Gasteiger partial charge in [0.1, 0.15) is 5.75 Å². The van der Waals surface area contributed by atoms with Gasteiger partial charge < -0.3 is 14.5 Å².